The molecule has 0 radical (unpaired) electrons. The normalized spacial score (nSPS) is 13.9. The topological polar surface area (TPSA) is 55.8 Å². The minimum absolute atomic E-state index is 0.0691. The first kappa shape index (κ1) is 27.1. The first-order valence-corrected chi connectivity index (χ1v) is 12.0. The van der Waals surface area contributed by atoms with Crippen LogP contribution in [0.5, 0.6) is 0 Å². The number of methoxy groups -OCH3 is 1. The molecule has 0 N–H and O–H groups in total. The van der Waals surface area contributed by atoms with Gasteiger partial charge in [-0.15, -0.1) is 11.3 Å². The molecule has 1 aromatic heterocycles. The summed E-state index contributed by atoms with van der Waals surface area (Å²) < 4.78 is 9.75. The van der Waals surface area contributed by atoms with Gasteiger partial charge in [-0.25, -0.2) is 0 Å². The molecule has 1 saturated heterocycles. The summed E-state index contributed by atoms with van der Waals surface area (Å²) in [7, 11) is 3.25. The number of rotatable bonds is 4. The van der Waals surface area contributed by atoms with Gasteiger partial charge in [-0.1, -0.05) is 29.5 Å². The zero-order valence-corrected chi connectivity index (χ0v) is 21.7. The van der Waals surface area contributed by atoms with Gasteiger partial charge in [-0.3, -0.25) is 9.59 Å². The van der Waals surface area contributed by atoms with Gasteiger partial charge in [0.25, 0.3) is 5.91 Å². The average molecular weight is 490 g/mol. The first-order chi connectivity index (χ1) is 15.6. The van der Waals surface area contributed by atoms with E-state index in [0.717, 1.165) is 16.7 Å². The van der Waals surface area contributed by atoms with E-state index >= 15 is 0 Å². The summed E-state index contributed by atoms with van der Waals surface area (Å²) in [6, 6.07) is 7.18. The predicted octanol–water partition coefficient (Wildman–Crippen LogP) is 6.01. The lowest BCUT2D eigenvalue weighted by Crippen LogP contribution is -2.44. The van der Waals surface area contributed by atoms with Crippen LogP contribution in [-0.2, 0) is 9.47 Å². The Kier molecular flexibility index (Phi) is 10.1. The van der Waals surface area contributed by atoms with Crippen molar-refractivity contribution in [3.63, 3.8) is 0 Å². The molecule has 2 aromatic rings. The van der Waals surface area contributed by atoms with E-state index < -0.39 is 0 Å². The molecule has 178 valence electrons. The number of carbonyl (C=O) groups excluding carboxylic acids is 2. The molecule has 1 aromatic carbocycles. The van der Waals surface area contributed by atoms with Crippen LogP contribution < -0.4 is 4.90 Å². The number of halogens is 1. The van der Waals surface area contributed by atoms with Crippen molar-refractivity contribution in [3.05, 3.63) is 50.2 Å². The number of amides is 1. The standard InChI is InChI=1S/C24H26ClNO3S.C2H6O/c1-16-5-6-19(20(25)13-16)23(28)26(17-8-11-29-12-9-17)21-14-18(30-22(21)15-27)7-10-24(2,3)4;1-3-2/h5-6,13-15,17H,8-9,11-12H2,1-4H3;1-2H3. The lowest BCUT2D eigenvalue weighted by molar-refractivity contribution is 0.0772. The molecule has 0 atom stereocenters. The molecule has 1 amide bonds. The predicted molar refractivity (Wildman–Crippen MR) is 136 cm³/mol. The second kappa shape index (κ2) is 12.3. The molecule has 0 spiro atoms. The van der Waals surface area contributed by atoms with Crippen LogP contribution in [0.4, 0.5) is 5.69 Å². The molecule has 2 heterocycles. The minimum atomic E-state index is -0.205. The first-order valence-electron chi connectivity index (χ1n) is 10.8. The zero-order valence-electron chi connectivity index (χ0n) is 20.2. The van der Waals surface area contributed by atoms with Gasteiger partial charge in [0.2, 0.25) is 0 Å². The van der Waals surface area contributed by atoms with Crippen LogP contribution in [0.25, 0.3) is 0 Å². The molecule has 1 aliphatic heterocycles. The van der Waals surface area contributed by atoms with Crippen LogP contribution in [-0.4, -0.2) is 45.7 Å². The summed E-state index contributed by atoms with van der Waals surface area (Å²) in [5.74, 6) is 6.15. The van der Waals surface area contributed by atoms with Gasteiger partial charge in [0.05, 0.1) is 26.0 Å². The van der Waals surface area contributed by atoms with Crippen molar-refractivity contribution >= 4 is 40.8 Å². The smallest absolute Gasteiger partial charge is 0.260 e. The highest BCUT2D eigenvalue weighted by atomic mass is 35.5. The van der Waals surface area contributed by atoms with E-state index in [1.165, 1.54) is 11.3 Å². The maximum Gasteiger partial charge on any atom is 0.260 e. The Morgan fingerprint density at radius 3 is 2.42 bits per heavy atom. The highest BCUT2D eigenvalue weighted by Gasteiger charge is 2.31. The molecular weight excluding hydrogens is 458 g/mol. The van der Waals surface area contributed by atoms with E-state index in [2.05, 4.69) is 16.6 Å². The van der Waals surface area contributed by atoms with E-state index in [1.807, 2.05) is 39.8 Å². The fourth-order valence-electron chi connectivity index (χ4n) is 3.32. The Morgan fingerprint density at radius 1 is 1.24 bits per heavy atom. The average Bonchev–Trinajstić information content (AvgIpc) is 3.16. The fourth-order valence-corrected chi connectivity index (χ4v) is 4.45. The van der Waals surface area contributed by atoms with Crippen LogP contribution in [0.1, 0.15) is 64.1 Å². The molecule has 0 unspecified atom stereocenters. The van der Waals surface area contributed by atoms with E-state index in [9.17, 15) is 9.59 Å². The molecule has 1 fully saturated rings. The summed E-state index contributed by atoms with van der Waals surface area (Å²) >= 11 is 7.72. The van der Waals surface area contributed by atoms with E-state index in [0.29, 0.717) is 47.2 Å². The highest BCUT2D eigenvalue weighted by Crippen LogP contribution is 2.34. The maximum atomic E-state index is 13.6. The molecular formula is C26H32ClNO4S. The Balaban J connectivity index is 0.00000122. The third-order valence-corrected chi connectivity index (χ3v) is 6.08. The summed E-state index contributed by atoms with van der Waals surface area (Å²) in [5.41, 5.74) is 1.86. The molecule has 0 saturated carbocycles. The number of hydrogen-bond donors (Lipinski definition) is 0. The number of aldehydes is 1. The van der Waals surface area contributed by atoms with Gasteiger partial charge in [0.1, 0.15) is 0 Å². The van der Waals surface area contributed by atoms with Gasteiger partial charge < -0.3 is 14.4 Å². The van der Waals surface area contributed by atoms with E-state index in [4.69, 9.17) is 16.3 Å². The van der Waals surface area contributed by atoms with E-state index in [1.54, 1.807) is 31.3 Å². The van der Waals surface area contributed by atoms with Gasteiger partial charge in [-0.2, -0.15) is 0 Å². The maximum absolute atomic E-state index is 13.6. The van der Waals surface area contributed by atoms with Crippen LogP contribution in [0.3, 0.4) is 0 Å². The third-order valence-electron chi connectivity index (χ3n) is 4.80. The lowest BCUT2D eigenvalue weighted by atomic mass is 9.98. The molecule has 0 aliphatic carbocycles. The van der Waals surface area contributed by atoms with Crippen molar-refractivity contribution in [1.29, 1.82) is 0 Å². The van der Waals surface area contributed by atoms with Crippen LogP contribution in [0.15, 0.2) is 24.3 Å². The SMILES string of the molecule is COC.Cc1ccc(C(=O)N(c2cc(C#CC(C)(C)C)sc2C=O)C2CCOCC2)c(Cl)c1. The highest BCUT2D eigenvalue weighted by molar-refractivity contribution is 7.14. The Hall–Kier alpha value is -2.17. The second-order valence-electron chi connectivity index (χ2n) is 8.89. The van der Waals surface area contributed by atoms with Crippen molar-refractivity contribution in [2.75, 3.05) is 32.3 Å². The third kappa shape index (κ3) is 7.68. The molecule has 0 bridgehead atoms. The number of aryl methyl sites for hydroxylation is 1. The number of ether oxygens (including phenoxy) is 2. The van der Waals surface area contributed by atoms with Gasteiger partial charge in [0, 0.05) is 38.9 Å². The lowest BCUT2D eigenvalue weighted by Gasteiger charge is -2.34. The van der Waals surface area contributed by atoms with Crippen molar-refractivity contribution in [2.45, 2.75) is 46.6 Å². The number of carbonyl (C=O) groups is 2. The Morgan fingerprint density at radius 2 is 1.88 bits per heavy atom. The Bertz CT molecular complexity index is 1020. The van der Waals surface area contributed by atoms with Gasteiger partial charge in [-0.05, 0) is 64.3 Å². The number of hydrogen-bond acceptors (Lipinski definition) is 5. The van der Waals surface area contributed by atoms with Gasteiger partial charge in [0.15, 0.2) is 6.29 Å². The monoisotopic (exact) mass is 489 g/mol. The molecule has 3 rings (SSSR count). The quantitative estimate of drug-likeness (QED) is 0.390. The number of anilines is 1. The summed E-state index contributed by atoms with van der Waals surface area (Å²) in [4.78, 5) is 28.5. The van der Waals surface area contributed by atoms with Crippen molar-refractivity contribution in [1.82, 2.24) is 0 Å². The van der Waals surface area contributed by atoms with Crippen LogP contribution >= 0.6 is 22.9 Å². The van der Waals surface area contributed by atoms with E-state index in [-0.39, 0.29) is 17.4 Å². The van der Waals surface area contributed by atoms with Crippen molar-refractivity contribution in [2.24, 2.45) is 5.41 Å². The van der Waals surface area contributed by atoms with Crippen LogP contribution in [0, 0.1) is 24.2 Å². The fraction of sp³-hybridized carbons (Fsp3) is 0.462. The molecule has 5 nitrogen and oxygen atoms in total. The largest absolute Gasteiger partial charge is 0.388 e. The zero-order chi connectivity index (χ0) is 24.6. The van der Waals surface area contributed by atoms with Crippen molar-refractivity contribution in [3.8, 4) is 11.8 Å². The summed E-state index contributed by atoms with van der Waals surface area (Å²) in [6.45, 7) is 9.19. The number of nitrogens with zero attached hydrogens (tertiary/aromatic N) is 1. The Labute approximate surface area is 206 Å². The molecule has 1 aliphatic rings. The number of thiophene rings is 1. The molecule has 7 heteroatoms. The van der Waals surface area contributed by atoms with Crippen molar-refractivity contribution < 1.29 is 19.1 Å². The minimum Gasteiger partial charge on any atom is -0.388 e. The summed E-state index contributed by atoms with van der Waals surface area (Å²) in [6.07, 6.45) is 2.21. The number of benzene rings is 1. The van der Waals surface area contributed by atoms with Gasteiger partial charge >= 0.3 is 0 Å². The second-order valence-corrected chi connectivity index (χ2v) is 10.4. The van der Waals surface area contributed by atoms with Crippen LogP contribution in [0.2, 0.25) is 5.02 Å². The summed E-state index contributed by atoms with van der Waals surface area (Å²) in [5, 5.41) is 0.410. The molecule has 33 heavy (non-hydrogen) atoms.